The maximum Gasteiger partial charge on any atom is 0.405 e. The predicted octanol–water partition coefficient (Wildman–Crippen LogP) is 1.49. The zero-order valence-corrected chi connectivity index (χ0v) is 10.4. The first kappa shape index (κ1) is 15.7. The zero-order valence-electron chi connectivity index (χ0n) is 10.4. The summed E-state index contributed by atoms with van der Waals surface area (Å²) in [5.41, 5.74) is 0.796. The van der Waals surface area contributed by atoms with Crippen LogP contribution >= 0.6 is 0 Å². The van der Waals surface area contributed by atoms with Gasteiger partial charge in [-0.05, 0) is 11.6 Å². The minimum absolute atomic E-state index is 0.506. The fourth-order valence-electron chi connectivity index (χ4n) is 1.22. The van der Waals surface area contributed by atoms with E-state index in [1.807, 2.05) is 6.07 Å². The van der Waals surface area contributed by atoms with Gasteiger partial charge in [-0.25, -0.2) is 0 Å². The van der Waals surface area contributed by atoms with Gasteiger partial charge in [0.1, 0.15) is 6.54 Å². The standard InChI is InChI=1S/C13H13F3N2O2/c14-13(15,16)9-18-12(20)8-17-11(19)7-6-10-4-2-1-3-5-10/h1-7H,8-9H2,(H,17,19)(H,18,20)/b7-6+. The molecule has 1 aromatic carbocycles. The molecule has 1 aromatic rings. The summed E-state index contributed by atoms with van der Waals surface area (Å²) in [6, 6.07) is 8.96. The van der Waals surface area contributed by atoms with Crippen molar-refractivity contribution >= 4 is 17.9 Å². The minimum Gasteiger partial charge on any atom is -0.345 e. The highest BCUT2D eigenvalue weighted by Crippen LogP contribution is 2.11. The van der Waals surface area contributed by atoms with Crippen LogP contribution < -0.4 is 10.6 Å². The van der Waals surface area contributed by atoms with Crippen molar-refractivity contribution in [2.24, 2.45) is 0 Å². The summed E-state index contributed by atoms with van der Waals surface area (Å²) in [7, 11) is 0. The number of amides is 2. The van der Waals surface area contributed by atoms with E-state index in [1.165, 1.54) is 12.2 Å². The highest BCUT2D eigenvalue weighted by molar-refractivity contribution is 5.94. The first-order valence-electron chi connectivity index (χ1n) is 5.71. The second-order valence-electron chi connectivity index (χ2n) is 3.85. The Bertz CT molecular complexity index is 484. The number of benzene rings is 1. The number of rotatable bonds is 5. The van der Waals surface area contributed by atoms with Crippen LogP contribution in [0.15, 0.2) is 36.4 Å². The van der Waals surface area contributed by atoms with Gasteiger partial charge in [-0.15, -0.1) is 0 Å². The van der Waals surface area contributed by atoms with Crippen LogP contribution in [0.3, 0.4) is 0 Å². The fraction of sp³-hybridized carbons (Fsp3) is 0.231. The lowest BCUT2D eigenvalue weighted by Gasteiger charge is -2.08. The van der Waals surface area contributed by atoms with Crippen LogP contribution in [-0.4, -0.2) is 31.1 Å². The molecule has 0 atom stereocenters. The van der Waals surface area contributed by atoms with Gasteiger partial charge in [-0.1, -0.05) is 30.3 Å². The van der Waals surface area contributed by atoms with E-state index in [0.717, 1.165) is 5.56 Å². The monoisotopic (exact) mass is 286 g/mol. The number of nitrogens with one attached hydrogen (secondary N) is 2. The molecule has 0 saturated heterocycles. The molecule has 0 aliphatic rings. The van der Waals surface area contributed by atoms with Crippen LogP contribution in [0.5, 0.6) is 0 Å². The van der Waals surface area contributed by atoms with E-state index in [2.05, 4.69) is 5.32 Å². The molecule has 20 heavy (non-hydrogen) atoms. The number of halogens is 3. The summed E-state index contributed by atoms with van der Waals surface area (Å²) >= 11 is 0. The normalized spacial score (nSPS) is 11.3. The third-order valence-corrected chi connectivity index (χ3v) is 2.14. The molecule has 108 valence electrons. The SMILES string of the molecule is O=C(/C=C/c1ccccc1)NCC(=O)NCC(F)(F)F. The molecule has 4 nitrogen and oxygen atoms in total. The highest BCUT2D eigenvalue weighted by atomic mass is 19.4. The van der Waals surface area contributed by atoms with Crippen molar-refractivity contribution in [3.63, 3.8) is 0 Å². The second-order valence-corrected chi connectivity index (χ2v) is 3.85. The molecule has 0 heterocycles. The van der Waals surface area contributed by atoms with Gasteiger partial charge >= 0.3 is 6.18 Å². The summed E-state index contributed by atoms with van der Waals surface area (Å²) in [5.74, 6) is -1.46. The van der Waals surface area contributed by atoms with Crippen molar-refractivity contribution in [2.75, 3.05) is 13.1 Å². The molecule has 0 radical (unpaired) electrons. The van der Waals surface area contributed by atoms with Crippen molar-refractivity contribution in [1.29, 1.82) is 0 Å². The first-order chi connectivity index (χ1) is 9.37. The van der Waals surface area contributed by atoms with Gasteiger partial charge in [0.25, 0.3) is 0 Å². The molecule has 7 heteroatoms. The number of hydrogen-bond donors (Lipinski definition) is 2. The summed E-state index contributed by atoms with van der Waals surface area (Å²) < 4.78 is 35.4. The Kier molecular flexibility index (Phi) is 5.76. The average Bonchev–Trinajstić information content (AvgIpc) is 2.41. The molecule has 1 rings (SSSR count). The smallest absolute Gasteiger partial charge is 0.345 e. The van der Waals surface area contributed by atoms with E-state index in [1.54, 1.807) is 29.6 Å². The van der Waals surface area contributed by atoms with Crippen molar-refractivity contribution in [3.8, 4) is 0 Å². The van der Waals surface area contributed by atoms with Crippen LogP contribution in [0, 0.1) is 0 Å². The zero-order chi connectivity index (χ0) is 15.0. The average molecular weight is 286 g/mol. The molecule has 0 aliphatic carbocycles. The second kappa shape index (κ2) is 7.32. The lowest BCUT2D eigenvalue weighted by atomic mass is 10.2. The number of carbonyl (C=O) groups excluding carboxylic acids is 2. The molecular formula is C13H13F3N2O2. The highest BCUT2D eigenvalue weighted by Gasteiger charge is 2.27. The molecule has 0 unspecified atom stereocenters. The van der Waals surface area contributed by atoms with E-state index in [9.17, 15) is 22.8 Å². The summed E-state index contributed by atoms with van der Waals surface area (Å²) in [6.45, 7) is -1.92. The molecule has 0 spiro atoms. The van der Waals surface area contributed by atoms with E-state index in [0.29, 0.717) is 0 Å². The third kappa shape index (κ3) is 7.20. The van der Waals surface area contributed by atoms with Crippen molar-refractivity contribution in [3.05, 3.63) is 42.0 Å². The maximum absolute atomic E-state index is 11.8. The molecule has 0 fully saturated rings. The Balaban J connectivity index is 2.30. The lowest BCUT2D eigenvalue weighted by molar-refractivity contribution is -0.138. The molecular weight excluding hydrogens is 273 g/mol. The molecule has 0 saturated carbocycles. The van der Waals surface area contributed by atoms with Gasteiger partial charge in [-0.2, -0.15) is 13.2 Å². The predicted molar refractivity (Wildman–Crippen MR) is 67.6 cm³/mol. The van der Waals surface area contributed by atoms with Crippen LogP contribution in [0.1, 0.15) is 5.56 Å². The summed E-state index contributed by atoms with van der Waals surface area (Å²) in [6.07, 6.45) is -1.73. The molecule has 2 amide bonds. The van der Waals surface area contributed by atoms with Crippen molar-refractivity contribution in [1.82, 2.24) is 10.6 Å². The topological polar surface area (TPSA) is 58.2 Å². The molecule has 0 bridgehead atoms. The Morgan fingerprint density at radius 2 is 1.75 bits per heavy atom. The van der Waals surface area contributed by atoms with Crippen LogP contribution in [0.2, 0.25) is 0 Å². The van der Waals surface area contributed by atoms with Crippen molar-refractivity contribution in [2.45, 2.75) is 6.18 Å². The van der Waals surface area contributed by atoms with Crippen LogP contribution in [0.4, 0.5) is 13.2 Å². The van der Waals surface area contributed by atoms with E-state index < -0.39 is 31.1 Å². The number of alkyl halides is 3. The van der Waals surface area contributed by atoms with E-state index >= 15 is 0 Å². The van der Waals surface area contributed by atoms with Gasteiger partial charge in [0, 0.05) is 6.08 Å². The number of carbonyl (C=O) groups is 2. The first-order valence-corrected chi connectivity index (χ1v) is 5.71. The van der Waals surface area contributed by atoms with E-state index in [-0.39, 0.29) is 0 Å². The van der Waals surface area contributed by atoms with Gasteiger partial charge in [0.05, 0.1) is 6.54 Å². The lowest BCUT2D eigenvalue weighted by Crippen LogP contribution is -2.40. The van der Waals surface area contributed by atoms with Gasteiger partial charge < -0.3 is 10.6 Å². The maximum atomic E-state index is 11.8. The number of hydrogen-bond acceptors (Lipinski definition) is 2. The van der Waals surface area contributed by atoms with Crippen molar-refractivity contribution < 1.29 is 22.8 Å². The molecule has 2 N–H and O–H groups in total. The largest absolute Gasteiger partial charge is 0.405 e. The Morgan fingerprint density at radius 1 is 1.10 bits per heavy atom. The van der Waals surface area contributed by atoms with Crippen LogP contribution in [-0.2, 0) is 9.59 Å². The van der Waals surface area contributed by atoms with Gasteiger partial charge in [-0.3, -0.25) is 9.59 Å². The van der Waals surface area contributed by atoms with Gasteiger partial charge in [0.2, 0.25) is 11.8 Å². The molecule has 0 aromatic heterocycles. The van der Waals surface area contributed by atoms with Crippen LogP contribution in [0.25, 0.3) is 6.08 Å². The summed E-state index contributed by atoms with van der Waals surface area (Å²) in [5, 5.41) is 3.83. The minimum atomic E-state index is -4.47. The summed E-state index contributed by atoms with van der Waals surface area (Å²) in [4.78, 5) is 22.3. The fourth-order valence-corrected chi connectivity index (χ4v) is 1.22. The van der Waals surface area contributed by atoms with Gasteiger partial charge in [0.15, 0.2) is 0 Å². The Labute approximate surface area is 113 Å². The Morgan fingerprint density at radius 3 is 2.35 bits per heavy atom. The Hall–Kier alpha value is -2.31. The quantitative estimate of drug-likeness (QED) is 0.806. The van der Waals surface area contributed by atoms with E-state index in [4.69, 9.17) is 0 Å². The molecule has 0 aliphatic heterocycles. The third-order valence-electron chi connectivity index (χ3n) is 2.14.